The van der Waals surface area contributed by atoms with Crippen LogP contribution in [-0.4, -0.2) is 88.8 Å². The summed E-state index contributed by atoms with van der Waals surface area (Å²) in [7, 11) is 7.52. The monoisotopic (exact) mass is 1930 g/mol. The molecule has 764 valence electrons. The summed E-state index contributed by atoms with van der Waals surface area (Å²) in [5.41, 5.74) is 24.5. The zero-order valence-corrected chi connectivity index (χ0v) is 91.7. The summed E-state index contributed by atoms with van der Waals surface area (Å²) in [4.78, 5) is 19.8. The largest absolute Gasteiger partial charge is 0.496 e. The van der Waals surface area contributed by atoms with Gasteiger partial charge in [-0.1, -0.05) is 444 Å². The van der Waals surface area contributed by atoms with E-state index in [1.54, 1.807) is 39.3 Å². The third-order valence-electron chi connectivity index (χ3n) is 24.9. The van der Waals surface area contributed by atoms with Crippen LogP contribution in [0.4, 0.5) is 5.69 Å². The molecule has 3 aliphatic rings. The van der Waals surface area contributed by atoms with Crippen molar-refractivity contribution in [3.05, 3.63) is 421 Å². The lowest BCUT2D eigenvalue weighted by Gasteiger charge is -2.32. The Morgan fingerprint density at radius 3 is 1.35 bits per heavy atom. The number of ether oxygens (including phenoxy) is 4. The summed E-state index contributed by atoms with van der Waals surface area (Å²) in [6, 6.07) is 112. The molecule has 12 aromatic carbocycles. The summed E-state index contributed by atoms with van der Waals surface area (Å²) in [6.45, 7) is 40.0. The SMILES string of the molecule is CC(c1ccccc1)N1CCOCC1.CC1CC1.CC1CCCCC1.CCCC(c1ccccc1)c1ccccc1.CCCc1ccc(C)cc1.CCCc1ccc(N(C)C)cc1.CCCc1ccc(OCCOC)cc1.CCCc1ccccc1C.CCCc1ccccc1C.CCCc1ccccc1OC.CCCc1cccs1.Cc1cccc(-c2cccc3[nH]ccc23)c1.Cc1ccccc1C(=O)O. The highest BCUT2D eigenvalue weighted by Gasteiger charge is 2.19. The third-order valence-corrected chi connectivity index (χ3v) is 25.9. The van der Waals surface area contributed by atoms with E-state index >= 15 is 0 Å². The minimum Gasteiger partial charge on any atom is -0.496 e. The third kappa shape index (κ3) is 51.5. The van der Waals surface area contributed by atoms with E-state index in [1.807, 2.05) is 53.9 Å². The molecule has 142 heavy (non-hydrogen) atoms. The quantitative estimate of drug-likeness (QED) is 0.0468. The number of aromatic carboxylic acids is 1. The van der Waals surface area contributed by atoms with Crippen molar-refractivity contribution in [3.63, 3.8) is 0 Å². The molecule has 0 radical (unpaired) electrons. The molecule has 1 saturated heterocycles. The van der Waals surface area contributed by atoms with E-state index in [1.165, 1.54) is 240 Å². The number of aryl methyl sites for hydroxylation is 12. The highest BCUT2D eigenvalue weighted by atomic mass is 32.1. The van der Waals surface area contributed by atoms with E-state index in [-0.39, 0.29) is 0 Å². The number of carboxylic acid groups (broad SMARTS) is 1. The molecule has 1 aliphatic heterocycles. The van der Waals surface area contributed by atoms with Crippen LogP contribution in [0.25, 0.3) is 22.0 Å². The standard InChI is InChI=1S/C16H18.C15H13N.C12H17NO.C12H18O2.C11H17N.C10H14O.3C10H14.C8H8O2.C7H10S.C7H14.C4H8/c1-2-9-16(14-10-5-3-6-11-14)15-12-7-4-8-13-15;1-11-4-2-5-12(10-11)13-6-3-7-15-14(13)8-9-16-15;1-11(12-5-3-2-4-6-12)13-7-9-14-10-8-13;1-3-4-11-5-7-12(8-6-11)14-10-9-13-2;1-4-5-10-6-8-11(9-7-10)12(2)3;1-3-6-9-7-4-5-8-10(9)11-2;2*1-3-6-10-8-5-4-7-9(10)2;1-3-4-10-7-5-9(2)6-8-10;1-6-4-2-3-5-7(6)8(9)10;1-2-4-7-5-3-6-8-7;1-7-5-3-2-4-6-7;1-4-2-3-4/h3-8,10-13,16H,2,9H2,1H3;2-10,16H,1H3;2-6,11H,7-10H2,1H3;5-8H,3-4,9-10H2,1-2H3;6-9H,4-5H2,1-3H3;4-5,7-8H,3,6H2,1-2H3;2*4-5,7-8H,3,6H2,1-2H3;5-8H,3-4H2,1-2H3;2-5H,1H3,(H,9,10);3,5-6H,2,4H2,1H3;7H,2-6H2,1H3;4H,2-3H2,1H3. The maximum atomic E-state index is 10.4. The predicted molar refractivity (Wildman–Crippen MR) is 618 cm³/mol. The van der Waals surface area contributed by atoms with Gasteiger partial charge in [0.2, 0.25) is 0 Å². The molecule has 2 N–H and O–H groups in total. The average Bonchev–Trinajstić information content (AvgIpc) is 1.60. The first-order valence-electron chi connectivity index (χ1n) is 53.2. The summed E-state index contributed by atoms with van der Waals surface area (Å²) < 4.78 is 20.9. The van der Waals surface area contributed by atoms with Gasteiger partial charge in [-0.25, -0.2) is 4.79 Å². The topological polar surface area (TPSA) is 96.5 Å². The first-order valence-corrected chi connectivity index (χ1v) is 54.1. The van der Waals surface area contributed by atoms with E-state index in [0.717, 1.165) is 68.0 Å². The minimum atomic E-state index is -0.863. The van der Waals surface area contributed by atoms with Crippen LogP contribution in [0.2, 0.25) is 0 Å². The molecule has 1 atom stereocenters. The summed E-state index contributed by atoms with van der Waals surface area (Å²) in [6.07, 6.45) is 31.7. The van der Waals surface area contributed by atoms with E-state index < -0.39 is 5.97 Å². The van der Waals surface area contributed by atoms with Crippen LogP contribution in [0.3, 0.4) is 0 Å². The van der Waals surface area contributed by atoms with Crippen LogP contribution in [0.1, 0.15) is 284 Å². The Morgan fingerprint density at radius 1 is 0.444 bits per heavy atom. The molecule has 0 amide bonds. The van der Waals surface area contributed by atoms with Gasteiger partial charge in [0.15, 0.2) is 0 Å². The van der Waals surface area contributed by atoms with Gasteiger partial charge < -0.3 is 33.9 Å². The van der Waals surface area contributed by atoms with Crippen LogP contribution in [-0.2, 0) is 54.4 Å². The Morgan fingerprint density at radius 2 is 0.908 bits per heavy atom. The molecule has 17 rings (SSSR count). The van der Waals surface area contributed by atoms with Gasteiger partial charge in [-0.2, -0.15) is 0 Å². The van der Waals surface area contributed by atoms with Gasteiger partial charge in [-0.05, 0) is 243 Å². The van der Waals surface area contributed by atoms with E-state index in [9.17, 15) is 4.79 Å². The molecule has 2 aromatic heterocycles. The number of aromatic nitrogens is 1. The van der Waals surface area contributed by atoms with Crippen LogP contribution in [0.5, 0.6) is 11.5 Å². The number of morpholine rings is 1. The van der Waals surface area contributed by atoms with Gasteiger partial charge in [-0.15, -0.1) is 11.3 Å². The molecule has 2 aliphatic carbocycles. The average molecular weight is 1940 g/mol. The molecular formula is C132H179N3O6S. The number of carbonyl (C=O) groups is 1. The van der Waals surface area contributed by atoms with Crippen molar-refractivity contribution in [1.82, 2.24) is 9.88 Å². The molecule has 14 aromatic rings. The molecule has 3 heterocycles. The number of rotatable bonds is 28. The molecule has 2 saturated carbocycles. The second kappa shape index (κ2) is 75.4. The number of methoxy groups -OCH3 is 2. The van der Waals surface area contributed by atoms with E-state index in [4.69, 9.17) is 24.1 Å². The molecule has 0 bridgehead atoms. The van der Waals surface area contributed by atoms with Gasteiger partial charge in [0.1, 0.15) is 18.1 Å². The van der Waals surface area contributed by atoms with Crippen LogP contribution in [0.15, 0.2) is 333 Å². The van der Waals surface area contributed by atoms with Crippen LogP contribution >= 0.6 is 11.3 Å². The molecule has 9 nitrogen and oxygen atoms in total. The smallest absolute Gasteiger partial charge is 0.335 e. The number of nitrogens with one attached hydrogen (secondary N) is 1. The van der Waals surface area contributed by atoms with Crippen molar-refractivity contribution in [2.75, 3.05) is 72.7 Å². The zero-order valence-electron chi connectivity index (χ0n) is 90.9. The Labute approximate surface area is 865 Å². The predicted octanol–water partition coefficient (Wildman–Crippen LogP) is 36.1. The van der Waals surface area contributed by atoms with Crippen molar-refractivity contribution in [1.29, 1.82) is 0 Å². The minimum absolute atomic E-state index is 0.377. The summed E-state index contributed by atoms with van der Waals surface area (Å²) in [5.74, 6) is 3.73. The van der Waals surface area contributed by atoms with Crippen LogP contribution in [0, 0.1) is 46.5 Å². The molecular weight excluding hydrogens is 1760 g/mol. The number of hydrogen-bond acceptors (Lipinski definition) is 8. The lowest BCUT2D eigenvalue weighted by Crippen LogP contribution is -2.37. The second-order valence-electron chi connectivity index (χ2n) is 37.6. The molecule has 0 spiro atoms. The maximum absolute atomic E-state index is 10.4. The lowest BCUT2D eigenvalue weighted by atomic mass is 9.88. The first-order chi connectivity index (χ1) is 69.1. The highest BCUT2D eigenvalue weighted by Crippen LogP contribution is 2.32. The van der Waals surface area contributed by atoms with Crippen molar-refractivity contribution in [2.45, 2.75) is 270 Å². The van der Waals surface area contributed by atoms with Gasteiger partial charge in [0.05, 0.1) is 32.5 Å². The van der Waals surface area contributed by atoms with Crippen molar-refractivity contribution in [3.8, 4) is 22.6 Å². The van der Waals surface area contributed by atoms with Crippen LogP contribution < -0.4 is 14.4 Å². The molecule has 1 unspecified atom stereocenters. The number of H-pyrrole nitrogens is 1. The maximum Gasteiger partial charge on any atom is 0.335 e. The lowest BCUT2D eigenvalue weighted by molar-refractivity contribution is 0.0198. The summed E-state index contributed by atoms with van der Waals surface area (Å²) >= 11 is 1.85. The number of aromatic amines is 1. The van der Waals surface area contributed by atoms with Crippen molar-refractivity contribution >= 4 is 33.9 Å². The second-order valence-corrected chi connectivity index (χ2v) is 38.6. The molecule has 10 heteroatoms. The number of anilines is 1. The fourth-order valence-electron chi connectivity index (χ4n) is 16.3. The first kappa shape index (κ1) is 121. The zero-order chi connectivity index (χ0) is 103. The highest BCUT2D eigenvalue weighted by molar-refractivity contribution is 7.09. The van der Waals surface area contributed by atoms with Crippen molar-refractivity contribution in [2.24, 2.45) is 11.8 Å². The number of para-hydroxylation sites is 1. The number of carboxylic acids is 1. The number of fused-ring (bicyclic) bond motifs is 1. The normalized spacial score (nSPS) is 12.3. The fraction of sp³-hybridized carbons (Fsp3) is 0.402. The van der Waals surface area contributed by atoms with E-state index in [2.05, 4.69) is 405 Å². The summed E-state index contributed by atoms with van der Waals surface area (Å²) in [5, 5.41) is 12.0. The van der Waals surface area contributed by atoms with Gasteiger partial charge in [0, 0.05) is 73.9 Å². The fourth-order valence-corrected chi connectivity index (χ4v) is 17.1. The number of benzene rings is 12. The Bertz CT molecular complexity index is 5340. The Kier molecular flexibility index (Phi) is 64.3. The number of hydrogen-bond donors (Lipinski definition) is 2. The van der Waals surface area contributed by atoms with Gasteiger partial charge in [-0.3, -0.25) is 4.90 Å². The van der Waals surface area contributed by atoms with Gasteiger partial charge >= 0.3 is 5.97 Å². The number of nitrogens with zero attached hydrogens (tertiary/aromatic N) is 2. The number of thiophene rings is 1. The van der Waals surface area contributed by atoms with Crippen molar-refractivity contribution < 1.29 is 28.8 Å². The van der Waals surface area contributed by atoms with Gasteiger partial charge in [0.25, 0.3) is 0 Å². The Balaban J connectivity index is 0.000000274. The Hall–Kier alpha value is -11.4. The van der Waals surface area contributed by atoms with E-state index in [0.29, 0.717) is 30.7 Å². The molecule has 3 fully saturated rings.